The second-order valence-corrected chi connectivity index (χ2v) is 5.88. The number of para-hydroxylation sites is 2. The van der Waals surface area contributed by atoms with Crippen LogP contribution in [-0.4, -0.2) is 37.5 Å². The number of ether oxygens (including phenoxy) is 2. The van der Waals surface area contributed by atoms with Crippen LogP contribution in [0.2, 0.25) is 0 Å². The van der Waals surface area contributed by atoms with Gasteiger partial charge in [-0.3, -0.25) is 19.3 Å². The van der Waals surface area contributed by atoms with Gasteiger partial charge in [0.25, 0.3) is 5.91 Å². The van der Waals surface area contributed by atoms with Gasteiger partial charge in [0.05, 0.1) is 18.7 Å². The minimum absolute atomic E-state index is 0.0220. The van der Waals surface area contributed by atoms with Crippen LogP contribution in [0, 0.1) is 11.6 Å². The van der Waals surface area contributed by atoms with E-state index in [0.717, 1.165) is 12.1 Å². The summed E-state index contributed by atoms with van der Waals surface area (Å²) in [6, 6.07) is 9.61. The lowest BCUT2D eigenvalue weighted by molar-refractivity contribution is -0.146. The number of benzene rings is 2. The van der Waals surface area contributed by atoms with Crippen LogP contribution < -0.4 is 15.0 Å². The van der Waals surface area contributed by atoms with Gasteiger partial charge < -0.3 is 14.8 Å². The molecule has 0 atom stereocenters. The van der Waals surface area contributed by atoms with Crippen LogP contribution in [0.5, 0.6) is 5.75 Å². The molecule has 1 aliphatic rings. The fourth-order valence-electron chi connectivity index (χ4n) is 2.58. The number of carbonyl (C=O) groups excluding carboxylic acids is 3. The lowest BCUT2D eigenvalue weighted by atomic mass is 10.2. The van der Waals surface area contributed by atoms with Gasteiger partial charge in [-0.1, -0.05) is 12.1 Å². The number of hydrogen-bond donors (Lipinski definition) is 1. The highest BCUT2D eigenvalue weighted by atomic mass is 19.2. The van der Waals surface area contributed by atoms with Crippen LogP contribution >= 0.6 is 0 Å². The molecule has 0 spiro atoms. The average Bonchev–Trinajstić information content (AvgIpc) is 2.82. The summed E-state index contributed by atoms with van der Waals surface area (Å²) in [5.41, 5.74) is 0.460. The Balaban J connectivity index is 1.57. The second kappa shape index (κ2) is 8.47. The van der Waals surface area contributed by atoms with E-state index >= 15 is 0 Å². The van der Waals surface area contributed by atoms with E-state index in [1.54, 1.807) is 24.3 Å². The Bertz CT molecular complexity index is 919. The highest BCUT2D eigenvalue weighted by Gasteiger charge is 2.25. The molecule has 2 amide bonds. The summed E-state index contributed by atoms with van der Waals surface area (Å²) in [6.45, 7) is -0.840. The molecule has 0 aromatic heterocycles. The molecule has 0 saturated carbocycles. The second-order valence-electron chi connectivity index (χ2n) is 5.88. The van der Waals surface area contributed by atoms with Crippen molar-refractivity contribution < 1.29 is 32.6 Å². The zero-order valence-electron chi connectivity index (χ0n) is 14.6. The number of nitrogens with zero attached hydrogens (tertiary/aromatic N) is 1. The van der Waals surface area contributed by atoms with Crippen molar-refractivity contribution in [3.63, 3.8) is 0 Å². The molecule has 2 aromatic carbocycles. The van der Waals surface area contributed by atoms with Crippen LogP contribution in [-0.2, 0) is 19.1 Å². The SMILES string of the molecule is O=C(COC(=O)CN1C(=O)CCOc2ccccc21)Nc1ccc(F)c(F)c1. The van der Waals surface area contributed by atoms with E-state index in [-0.39, 0.29) is 24.6 Å². The molecule has 0 radical (unpaired) electrons. The summed E-state index contributed by atoms with van der Waals surface area (Å²) < 4.78 is 36.4. The fourth-order valence-corrected chi connectivity index (χ4v) is 2.58. The van der Waals surface area contributed by atoms with E-state index < -0.39 is 36.7 Å². The minimum Gasteiger partial charge on any atom is -0.491 e. The molecule has 1 N–H and O–H groups in total. The van der Waals surface area contributed by atoms with Gasteiger partial charge in [0.2, 0.25) is 5.91 Å². The summed E-state index contributed by atoms with van der Waals surface area (Å²) in [6.07, 6.45) is 0.0958. The van der Waals surface area contributed by atoms with Crippen molar-refractivity contribution in [3.8, 4) is 5.75 Å². The maximum absolute atomic E-state index is 13.1. The molecule has 146 valence electrons. The number of rotatable bonds is 5. The predicted molar refractivity (Wildman–Crippen MR) is 94.9 cm³/mol. The van der Waals surface area contributed by atoms with Gasteiger partial charge in [-0.2, -0.15) is 0 Å². The first-order chi connectivity index (χ1) is 13.4. The van der Waals surface area contributed by atoms with Crippen LogP contribution in [0.25, 0.3) is 0 Å². The first-order valence-electron chi connectivity index (χ1n) is 8.37. The molecular weight excluding hydrogens is 374 g/mol. The largest absolute Gasteiger partial charge is 0.491 e. The van der Waals surface area contributed by atoms with E-state index in [1.165, 1.54) is 11.0 Å². The molecule has 0 bridgehead atoms. The quantitative estimate of drug-likeness (QED) is 0.792. The Labute approximate surface area is 158 Å². The Kier molecular flexibility index (Phi) is 5.83. The van der Waals surface area contributed by atoms with E-state index in [1.807, 2.05) is 0 Å². The molecule has 28 heavy (non-hydrogen) atoms. The van der Waals surface area contributed by atoms with Crippen molar-refractivity contribution in [1.82, 2.24) is 0 Å². The normalized spacial score (nSPS) is 13.2. The Hall–Kier alpha value is -3.49. The number of carbonyl (C=O) groups is 3. The minimum atomic E-state index is -1.12. The lowest BCUT2D eigenvalue weighted by Crippen LogP contribution is -2.37. The van der Waals surface area contributed by atoms with E-state index in [4.69, 9.17) is 9.47 Å². The van der Waals surface area contributed by atoms with Crippen LogP contribution in [0.4, 0.5) is 20.2 Å². The Morgan fingerprint density at radius 2 is 1.93 bits per heavy atom. The van der Waals surface area contributed by atoms with Crippen LogP contribution in [0.1, 0.15) is 6.42 Å². The molecule has 0 unspecified atom stereocenters. The van der Waals surface area contributed by atoms with Crippen LogP contribution in [0.3, 0.4) is 0 Å². The van der Waals surface area contributed by atoms with Gasteiger partial charge >= 0.3 is 5.97 Å². The Morgan fingerprint density at radius 3 is 2.71 bits per heavy atom. The highest BCUT2D eigenvalue weighted by Crippen LogP contribution is 2.30. The van der Waals surface area contributed by atoms with Gasteiger partial charge in [-0.05, 0) is 24.3 Å². The van der Waals surface area contributed by atoms with E-state index in [2.05, 4.69) is 5.32 Å². The molecule has 0 fully saturated rings. The fraction of sp³-hybridized carbons (Fsp3) is 0.211. The number of amides is 2. The lowest BCUT2D eigenvalue weighted by Gasteiger charge is -2.20. The summed E-state index contributed by atoms with van der Waals surface area (Å²) in [4.78, 5) is 37.4. The predicted octanol–water partition coefficient (Wildman–Crippen LogP) is 2.26. The van der Waals surface area contributed by atoms with E-state index in [0.29, 0.717) is 11.4 Å². The number of halogens is 2. The molecule has 7 nitrogen and oxygen atoms in total. The molecule has 3 rings (SSSR count). The van der Waals surface area contributed by atoms with Crippen molar-refractivity contribution in [2.45, 2.75) is 6.42 Å². The standard InChI is InChI=1S/C19H16F2N2O5/c20-13-6-5-12(9-14(13)21)22-17(24)11-28-19(26)10-23-15-3-1-2-4-16(15)27-8-7-18(23)25/h1-6,9H,7-8,10-11H2,(H,22,24). The third-order valence-electron chi connectivity index (χ3n) is 3.89. The number of anilines is 2. The third-order valence-corrected chi connectivity index (χ3v) is 3.89. The zero-order chi connectivity index (χ0) is 20.1. The smallest absolute Gasteiger partial charge is 0.326 e. The van der Waals surface area contributed by atoms with E-state index in [9.17, 15) is 23.2 Å². The number of nitrogens with one attached hydrogen (secondary N) is 1. The van der Waals surface area contributed by atoms with Gasteiger partial charge in [0, 0.05) is 11.8 Å². The number of esters is 1. The van der Waals surface area contributed by atoms with Crippen molar-refractivity contribution in [3.05, 3.63) is 54.1 Å². The van der Waals surface area contributed by atoms with Gasteiger partial charge in [-0.25, -0.2) is 8.78 Å². The van der Waals surface area contributed by atoms with Crippen molar-refractivity contribution in [1.29, 1.82) is 0 Å². The monoisotopic (exact) mass is 390 g/mol. The summed E-state index contributed by atoms with van der Waals surface area (Å²) in [5, 5.41) is 2.28. The van der Waals surface area contributed by atoms with Gasteiger partial charge in [0.1, 0.15) is 12.3 Å². The molecule has 0 saturated heterocycles. The van der Waals surface area contributed by atoms with Gasteiger partial charge in [0.15, 0.2) is 18.2 Å². The number of fused-ring (bicyclic) bond motifs is 1. The number of hydrogen-bond acceptors (Lipinski definition) is 5. The molecule has 1 aliphatic heterocycles. The molecule has 2 aromatic rings. The first kappa shape index (κ1) is 19.3. The zero-order valence-corrected chi connectivity index (χ0v) is 14.6. The summed E-state index contributed by atoms with van der Waals surface area (Å²) in [5.74, 6) is -3.53. The average molecular weight is 390 g/mol. The highest BCUT2D eigenvalue weighted by molar-refractivity contribution is 6.00. The maximum atomic E-state index is 13.1. The summed E-state index contributed by atoms with van der Waals surface area (Å²) >= 11 is 0. The van der Waals surface area contributed by atoms with Crippen LogP contribution in [0.15, 0.2) is 42.5 Å². The maximum Gasteiger partial charge on any atom is 0.326 e. The Morgan fingerprint density at radius 1 is 1.14 bits per heavy atom. The first-order valence-corrected chi connectivity index (χ1v) is 8.37. The van der Waals surface area contributed by atoms with Crippen molar-refractivity contribution in [2.75, 3.05) is 30.0 Å². The van der Waals surface area contributed by atoms with Gasteiger partial charge in [-0.15, -0.1) is 0 Å². The molecular formula is C19H16F2N2O5. The third kappa shape index (κ3) is 4.61. The van der Waals surface area contributed by atoms with Crippen molar-refractivity contribution >= 4 is 29.2 Å². The molecule has 9 heteroatoms. The van der Waals surface area contributed by atoms with Crippen molar-refractivity contribution in [2.24, 2.45) is 0 Å². The molecule has 1 heterocycles. The summed E-state index contributed by atoms with van der Waals surface area (Å²) in [7, 11) is 0. The topological polar surface area (TPSA) is 84.9 Å². The molecule has 0 aliphatic carbocycles.